The summed E-state index contributed by atoms with van der Waals surface area (Å²) in [6.07, 6.45) is 2.25. The lowest BCUT2D eigenvalue weighted by Gasteiger charge is -2.44. The van der Waals surface area contributed by atoms with Gasteiger partial charge < -0.3 is 15.5 Å². The molecule has 3 amide bonds. The molecule has 1 aromatic heterocycles. The average molecular weight is 533 g/mol. The molecule has 0 spiro atoms. The zero-order valence-electron chi connectivity index (χ0n) is 21.7. The van der Waals surface area contributed by atoms with Gasteiger partial charge in [0, 0.05) is 17.2 Å². The smallest absolute Gasteiger partial charge is 0.249 e. The van der Waals surface area contributed by atoms with Crippen LogP contribution >= 0.6 is 11.8 Å². The van der Waals surface area contributed by atoms with Crippen LogP contribution < -0.4 is 10.6 Å². The average Bonchev–Trinajstić information content (AvgIpc) is 3.44. The van der Waals surface area contributed by atoms with Crippen molar-refractivity contribution >= 4 is 29.5 Å². The van der Waals surface area contributed by atoms with Crippen LogP contribution in [0.25, 0.3) is 0 Å². The molecule has 2 saturated heterocycles. The topological polar surface area (TPSA) is 109 Å². The standard InChI is InChI=1S/C28H32N6O3S/c1-18-28(2,3)38-27-24(26(37)34(18)27)31-25(36)23(20-12-8-5-9-13-20)30-22(35)15-14-21-16-29-32-33(21)17-19-10-6-4-7-11-19/h4-13,16,18,23-24,27H,14-15,17H2,1-3H3,(H,30,35)(H,31,36)/t18-,23+,24+,27+/m0/s1. The third-order valence-electron chi connectivity index (χ3n) is 7.41. The molecular formula is C28H32N6O3S. The predicted molar refractivity (Wildman–Crippen MR) is 145 cm³/mol. The highest BCUT2D eigenvalue weighted by molar-refractivity contribution is 8.01. The van der Waals surface area contributed by atoms with Gasteiger partial charge in [-0.25, -0.2) is 4.68 Å². The molecule has 2 aromatic carbocycles. The van der Waals surface area contributed by atoms with Crippen LogP contribution in [0, 0.1) is 0 Å². The van der Waals surface area contributed by atoms with Crippen LogP contribution in [0.2, 0.25) is 0 Å². The number of β-lactam (4-membered cyclic amide) rings is 1. The van der Waals surface area contributed by atoms with E-state index >= 15 is 0 Å². The number of thioether (sulfide) groups is 1. The molecule has 0 aliphatic carbocycles. The zero-order chi connectivity index (χ0) is 26.9. The molecule has 2 aliphatic rings. The first-order valence-electron chi connectivity index (χ1n) is 12.8. The molecule has 10 heteroatoms. The Morgan fingerprint density at radius 1 is 1.08 bits per heavy atom. The van der Waals surface area contributed by atoms with Gasteiger partial charge in [-0.2, -0.15) is 0 Å². The van der Waals surface area contributed by atoms with E-state index in [0.29, 0.717) is 18.5 Å². The number of carbonyl (C=O) groups excluding carboxylic acids is 3. The predicted octanol–water partition coefficient (Wildman–Crippen LogP) is 2.68. The van der Waals surface area contributed by atoms with Gasteiger partial charge in [-0.1, -0.05) is 65.9 Å². The van der Waals surface area contributed by atoms with Gasteiger partial charge in [-0.3, -0.25) is 14.4 Å². The van der Waals surface area contributed by atoms with Crippen molar-refractivity contribution in [3.63, 3.8) is 0 Å². The summed E-state index contributed by atoms with van der Waals surface area (Å²) in [5.41, 5.74) is 2.58. The number of nitrogens with one attached hydrogen (secondary N) is 2. The monoisotopic (exact) mass is 532 g/mol. The Kier molecular flexibility index (Phi) is 7.25. The van der Waals surface area contributed by atoms with Crippen molar-refractivity contribution in [2.75, 3.05) is 0 Å². The van der Waals surface area contributed by atoms with E-state index < -0.39 is 18.0 Å². The number of benzene rings is 2. The normalized spacial score (nSPS) is 22.3. The van der Waals surface area contributed by atoms with Crippen molar-refractivity contribution in [2.45, 2.75) is 68.4 Å². The molecule has 198 valence electrons. The minimum absolute atomic E-state index is 0.0776. The Balaban J connectivity index is 1.23. The molecule has 0 radical (unpaired) electrons. The summed E-state index contributed by atoms with van der Waals surface area (Å²) in [5, 5.41) is 13.9. The lowest BCUT2D eigenvalue weighted by atomic mass is 9.97. The first-order chi connectivity index (χ1) is 18.2. The number of hydrogen-bond donors (Lipinski definition) is 2. The van der Waals surface area contributed by atoms with Gasteiger partial charge >= 0.3 is 0 Å². The molecule has 3 heterocycles. The van der Waals surface area contributed by atoms with Crippen molar-refractivity contribution in [3.05, 3.63) is 83.7 Å². The molecule has 9 nitrogen and oxygen atoms in total. The molecule has 2 N–H and O–H groups in total. The maximum absolute atomic E-state index is 13.4. The van der Waals surface area contributed by atoms with Gasteiger partial charge in [-0.05, 0) is 38.3 Å². The van der Waals surface area contributed by atoms with E-state index in [2.05, 4.69) is 34.8 Å². The van der Waals surface area contributed by atoms with Crippen LogP contribution in [0.5, 0.6) is 0 Å². The fraction of sp³-hybridized carbons (Fsp3) is 0.393. The molecule has 4 atom stereocenters. The second kappa shape index (κ2) is 10.6. The molecule has 0 bridgehead atoms. The minimum Gasteiger partial charge on any atom is -0.341 e. The van der Waals surface area contributed by atoms with E-state index in [1.165, 1.54) is 0 Å². The summed E-state index contributed by atoms with van der Waals surface area (Å²) in [6, 6.07) is 17.6. The SMILES string of the molecule is C[C@@H]1N2C(=O)[C@@H](NC(=O)[C@H](NC(=O)CCc3cnnn3Cc3ccccc3)c3ccccc3)[C@H]2SC1(C)C. The molecule has 3 aromatic rings. The molecule has 2 aliphatic heterocycles. The van der Waals surface area contributed by atoms with Gasteiger partial charge in [0.15, 0.2) is 0 Å². The second-order valence-electron chi connectivity index (χ2n) is 10.3. The third kappa shape index (κ3) is 5.18. The Morgan fingerprint density at radius 2 is 1.76 bits per heavy atom. The van der Waals surface area contributed by atoms with Crippen LogP contribution in [0.4, 0.5) is 0 Å². The number of carbonyl (C=O) groups is 3. The van der Waals surface area contributed by atoms with Crippen LogP contribution in [0.15, 0.2) is 66.9 Å². The van der Waals surface area contributed by atoms with Gasteiger partial charge in [0.25, 0.3) is 0 Å². The molecule has 38 heavy (non-hydrogen) atoms. The number of aryl methyl sites for hydroxylation is 1. The van der Waals surface area contributed by atoms with E-state index in [4.69, 9.17) is 0 Å². The Morgan fingerprint density at radius 3 is 2.47 bits per heavy atom. The number of fused-ring (bicyclic) bond motifs is 1. The van der Waals surface area contributed by atoms with Crippen molar-refractivity contribution in [2.24, 2.45) is 0 Å². The van der Waals surface area contributed by atoms with Crippen LogP contribution in [-0.4, -0.2) is 59.8 Å². The van der Waals surface area contributed by atoms with Crippen LogP contribution in [-0.2, 0) is 27.3 Å². The Hall–Kier alpha value is -3.66. The summed E-state index contributed by atoms with van der Waals surface area (Å²) in [6.45, 7) is 6.83. The highest BCUT2D eigenvalue weighted by Crippen LogP contribution is 2.50. The number of aromatic nitrogens is 3. The zero-order valence-corrected chi connectivity index (χ0v) is 22.5. The maximum atomic E-state index is 13.4. The van der Waals surface area contributed by atoms with Crippen molar-refractivity contribution in [3.8, 4) is 0 Å². The van der Waals surface area contributed by atoms with Gasteiger partial charge in [0.2, 0.25) is 17.7 Å². The van der Waals surface area contributed by atoms with Crippen molar-refractivity contribution in [1.29, 1.82) is 0 Å². The van der Waals surface area contributed by atoms with Crippen LogP contribution in [0.1, 0.15) is 50.1 Å². The third-order valence-corrected chi connectivity index (χ3v) is 9.10. The first kappa shape index (κ1) is 26.0. The molecule has 2 fully saturated rings. The number of hydrogen-bond acceptors (Lipinski definition) is 6. The number of rotatable bonds is 9. The Bertz CT molecular complexity index is 1310. The second-order valence-corrected chi connectivity index (χ2v) is 12.1. The molecular weight excluding hydrogens is 500 g/mol. The molecule has 0 unspecified atom stereocenters. The number of nitrogens with zero attached hydrogens (tertiary/aromatic N) is 4. The fourth-order valence-corrected chi connectivity index (χ4v) is 6.57. The lowest BCUT2D eigenvalue weighted by Crippen LogP contribution is -2.69. The quantitative estimate of drug-likeness (QED) is 0.410. The Labute approximate surface area is 226 Å². The summed E-state index contributed by atoms with van der Waals surface area (Å²) in [5.74, 6) is -0.740. The molecule has 5 rings (SSSR count). The van der Waals surface area contributed by atoms with Gasteiger partial charge in [0.05, 0.1) is 18.4 Å². The minimum atomic E-state index is -0.908. The summed E-state index contributed by atoms with van der Waals surface area (Å²) < 4.78 is 1.69. The van der Waals surface area contributed by atoms with E-state index in [9.17, 15) is 14.4 Å². The maximum Gasteiger partial charge on any atom is 0.249 e. The van der Waals surface area contributed by atoms with E-state index in [-0.39, 0.29) is 34.4 Å². The lowest BCUT2D eigenvalue weighted by molar-refractivity contribution is -0.151. The summed E-state index contributed by atoms with van der Waals surface area (Å²) in [7, 11) is 0. The van der Waals surface area contributed by atoms with Crippen molar-refractivity contribution in [1.82, 2.24) is 30.5 Å². The van der Waals surface area contributed by atoms with Gasteiger partial charge in [-0.15, -0.1) is 16.9 Å². The largest absolute Gasteiger partial charge is 0.341 e. The van der Waals surface area contributed by atoms with E-state index in [0.717, 1.165) is 11.3 Å². The van der Waals surface area contributed by atoms with Crippen LogP contribution in [0.3, 0.4) is 0 Å². The first-order valence-corrected chi connectivity index (χ1v) is 13.7. The van der Waals surface area contributed by atoms with E-state index in [1.807, 2.05) is 60.4 Å². The fourth-order valence-electron chi connectivity index (χ4n) is 4.92. The molecule has 0 saturated carbocycles. The summed E-state index contributed by atoms with van der Waals surface area (Å²) >= 11 is 1.70. The highest BCUT2D eigenvalue weighted by atomic mass is 32.2. The number of amides is 3. The van der Waals surface area contributed by atoms with Crippen molar-refractivity contribution < 1.29 is 14.4 Å². The van der Waals surface area contributed by atoms with E-state index in [1.54, 1.807) is 34.8 Å². The summed E-state index contributed by atoms with van der Waals surface area (Å²) in [4.78, 5) is 41.1. The highest BCUT2D eigenvalue weighted by Gasteiger charge is 2.60. The van der Waals surface area contributed by atoms with Gasteiger partial charge in [0.1, 0.15) is 17.5 Å².